The molecule has 0 aliphatic heterocycles. The number of hydrogen-bond acceptors (Lipinski definition) is 2. The normalized spacial score (nSPS) is 16.7. The Bertz CT molecular complexity index is 914. The zero-order valence-corrected chi connectivity index (χ0v) is 15.2. The van der Waals surface area contributed by atoms with Crippen LogP contribution in [0.5, 0.6) is 0 Å². The van der Waals surface area contributed by atoms with Gasteiger partial charge < -0.3 is 5.11 Å². The van der Waals surface area contributed by atoms with Crippen molar-refractivity contribution in [1.82, 2.24) is 0 Å². The minimum atomic E-state index is -4.85. The Morgan fingerprint density at radius 1 is 0.966 bits per heavy atom. The number of carbonyl (C=O) groups is 1. The van der Waals surface area contributed by atoms with Gasteiger partial charge in [-0.3, -0.25) is 4.79 Å². The maximum atomic E-state index is 13.0. The molecule has 2 aromatic rings. The molecular weight excluding hydrogens is 398 g/mol. The van der Waals surface area contributed by atoms with Gasteiger partial charge in [0.15, 0.2) is 0 Å². The molecule has 2 nitrogen and oxygen atoms in total. The molecular formula is C21H18F6O2. The molecule has 2 aromatic carbocycles. The van der Waals surface area contributed by atoms with E-state index in [0.717, 1.165) is 23.3 Å². The Morgan fingerprint density at radius 3 is 2.28 bits per heavy atom. The van der Waals surface area contributed by atoms with Gasteiger partial charge in [-0.15, -0.1) is 0 Å². The van der Waals surface area contributed by atoms with E-state index in [0.29, 0.717) is 24.0 Å². The van der Waals surface area contributed by atoms with Crippen LogP contribution in [0.4, 0.5) is 26.3 Å². The van der Waals surface area contributed by atoms with Gasteiger partial charge in [-0.25, -0.2) is 0 Å². The molecule has 0 fully saturated rings. The highest BCUT2D eigenvalue weighted by molar-refractivity contribution is 5.84. The van der Waals surface area contributed by atoms with E-state index in [2.05, 4.69) is 0 Å². The van der Waals surface area contributed by atoms with Gasteiger partial charge in [0.05, 0.1) is 12.2 Å². The number of ketones is 1. The van der Waals surface area contributed by atoms with Crippen molar-refractivity contribution in [3.8, 4) is 0 Å². The molecule has 1 unspecified atom stereocenters. The van der Waals surface area contributed by atoms with Crippen LogP contribution in [-0.2, 0) is 30.4 Å². The summed E-state index contributed by atoms with van der Waals surface area (Å²) in [4.78, 5) is 11.3. The molecule has 0 heterocycles. The molecule has 156 valence electrons. The van der Waals surface area contributed by atoms with Crippen LogP contribution in [0.1, 0.15) is 52.1 Å². The highest BCUT2D eigenvalue weighted by Gasteiger charge is 2.40. The van der Waals surface area contributed by atoms with Crippen molar-refractivity contribution in [3.63, 3.8) is 0 Å². The first-order valence-corrected chi connectivity index (χ1v) is 9.00. The second-order valence-electron chi connectivity index (χ2n) is 7.26. The van der Waals surface area contributed by atoms with E-state index in [1.54, 1.807) is 18.2 Å². The van der Waals surface area contributed by atoms with Gasteiger partial charge in [0.2, 0.25) is 5.78 Å². The van der Waals surface area contributed by atoms with Crippen molar-refractivity contribution in [1.29, 1.82) is 0 Å². The van der Waals surface area contributed by atoms with Crippen molar-refractivity contribution < 1.29 is 36.2 Å². The summed E-state index contributed by atoms with van der Waals surface area (Å²) >= 11 is 0. The largest absolute Gasteiger partial charge is 0.449 e. The second kappa shape index (κ2) is 7.82. The molecule has 3 rings (SSSR count). The topological polar surface area (TPSA) is 37.3 Å². The van der Waals surface area contributed by atoms with Crippen LogP contribution < -0.4 is 0 Å². The van der Waals surface area contributed by atoms with Crippen LogP contribution in [-0.4, -0.2) is 17.1 Å². The van der Waals surface area contributed by atoms with E-state index in [1.165, 1.54) is 6.07 Å². The Hall–Kier alpha value is -2.35. The molecule has 1 aliphatic carbocycles. The van der Waals surface area contributed by atoms with Gasteiger partial charge in [0, 0.05) is 6.42 Å². The van der Waals surface area contributed by atoms with Crippen LogP contribution in [0.15, 0.2) is 36.4 Å². The molecule has 0 bridgehead atoms. The highest BCUT2D eigenvalue weighted by atomic mass is 19.4. The number of halogens is 6. The zero-order chi connectivity index (χ0) is 21.4. The summed E-state index contributed by atoms with van der Waals surface area (Å²) in [5.41, 5.74) is 1.91. The molecule has 1 aliphatic rings. The lowest BCUT2D eigenvalue weighted by Crippen LogP contribution is -2.24. The fourth-order valence-electron chi connectivity index (χ4n) is 3.78. The third-order valence-corrected chi connectivity index (χ3v) is 5.13. The number of benzene rings is 2. The summed E-state index contributed by atoms with van der Waals surface area (Å²) in [5.74, 6) is -2.25. The van der Waals surface area contributed by atoms with Crippen molar-refractivity contribution in [2.45, 2.75) is 50.6 Å². The quantitative estimate of drug-likeness (QED) is 0.668. The molecule has 0 saturated heterocycles. The van der Waals surface area contributed by atoms with Gasteiger partial charge in [0.1, 0.15) is 0 Å². The van der Waals surface area contributed by atoms with Gasteiger partial charge >= 0.3 is 12.4 Å². The van der Waals surface area contributed by atoms with E-state index in [4.69, 9.17) is 0 Å². The first-order valence-electron chi connectivity index (χ1n) is 9.00. The minimum absolute atomic E-state index is 0.154. The van der Waals surface area contributed by atoms with Crippen LogP contribution in [0, 0.1) is 0 Å². The summed E-state index contributed by atoms with van der Waals surface area (Å²) < 4.78 is 76.7. The zero-order valence-electron chi connectivity index (χ0n) is 15.2. The lowest BCUT2D eigenvalue weighted by atomic mass is 9.93. The number of Topliss-reactive ketones (excluding diaryl/α,β-unsaturated/α-hetero) is 1. The standard InChI is InChI=1S/C21H18F6O2/c22-20(23,24)17-8-13(6-14(9-17)11-28)5-12-1-4-18-15(7-12)2-3-16(18)10-19(29)21(25,26)27/h1,4,6-9,16,28H,2-3,5,10-11H2. The Labute approximate surface area is 163 Å². The number of rotatable bonds is 5. The molecule has 29 heavy (non-hydrogen) atoms. The molecule has 1 atom stereocenters. The van der Waals surface area contributed by atoms with E-state index in [9.17, 15) is 36.2 Å². The average molecular weight is 416 g/mol. The lowest BCUT2D eigenvalue weighted by molar-refractivity contribution is -0.171. The van der Waals surface area contributed by atoms with Crippen LogP contribution in [0.2, 0.25) is 0 Å². The van der Waals surface area contributed by atoms with Gasteiger partial charge in [-0.1, -0.05) is 24.3 Å². The van der Waals surface area contributed by atoms with E-state index in [1.807, 2.05) is 0 Å². The lowest BCUT2D eigenvalue weighted by Gasteiger charge is -2.14. The molecule has 0 aromatic heterocycles. The second-order valence-corrected chi connectivity index (χ2v) is 7.26. The van der Waals surface area contributed by atoms with E-state index >= 15 is 0 Å². The predicted molar refractivity (Wildman–Crippen MR) is 93.4 cm³/mol. The summed E-state index contributed by atoms with van der Waals surface area (Å²) in [6, 6.07) is 8.51. The van der Waals surface area contributed by atoms with Crippen molar-refractivity contribution in [2.24, 2.45) is 0 Å². The first kappa shape index (κ1) is 21.4. The number of hydrogen-bond donors (Lipinski definition) is 1. The van der Waals surface area contributed by atoms with E-state index < -0.39 is 42.6 Å². The summed E-state index contributed by atoms with van der Waals surface area (Å²) in [6.07, 6.45) is -8.84. The predicted octanol–water partition coefficient (Wildman–Crippen LogP) is 5.34. The number of aliphatic hydroxyl groups is 1. The number of fused-ring (bicyclic) bond motifs is 1. The van der Waals surface area contributed by atoms with Crippen LogP contribution >= 0.6 is 0 Å². The summed E-state index contributed by atoms with van der Waals surface area (Å²) in [6.45, 7) is -0.518. The molecule has 0 radical (unpaired) electrons. The fourth-order valence-corrected chi connectivity index (χ4v) is 3.78. The number of aliphatic hydroxyl groups excluding tert-OH is 1. The Morgan fingerprint density at radius 2 is 1.66 bits per heavy atom. The van der Waals surface area contributed by atoms with Gasteiger partial charge in [0.25, 0.3) is 0 Å². The maximum absolute atomic E-state index is 13.0. The summed E-state index contributed by atoms with van der Waals surface area (Å²) in [7, 11) is 0. The number of aryl methyl sites for hydroxylation is 1. The maximum Gasteiger partial charge on any atom is 0.449 e. The van der Waals surface area contributed by atoms with Crippen molar-refractivity contribution in [2.75, 3.05) is 0 Å². The Kier molecular flexibility index (Phi) is 5.76. The monoisotopic (exact) mass is 416 g/mol. The van der Waals surface area contributed by atoms with E-state index in [-0.39, 0.29) is 12.0 Å². The minimum Gasteiger partial charge on any atom is -0.392 e. The van der Waals surface area contributed by atoms with Crippen LogP contribution in [0.3, 0.4) is 0 Å². The third-order valence-electron chi connectivity index (χ3n) is 5.13. The van der Waals surface area contributed by atoms with Gasteiger partial charge in [-0.2, -0.15) is 26.3 Å². The van der Waals surface area contributed by atoms with Crippen molar-refractivity contribution >= 4 is 5.78 Å². The average Bonchev–Trinajstić information content (AvgIpc) is 3.02. The third kappa shape index (κ3) is 4.98. The highest BCUT2D eigenvalue weighted by Crippen LogP contribution is 2.38. The first-order chi connectivity index (χ1) is 13.5. The number of alkyl halides is 6. The van der Waals surface area contributed by atoms with Crippen molar-refractivity contribution in [3.05, 3.63) is 69.8 Å². The molecule has 0 spiro atoms. The molecule has 8 heteroatoms. The van der Waals surface area contributed by atoms with Gasteiger partial charge in [-0.05, 0) is 65.1 Å². The molecule has 0 saturated carbocycles. The molecule has 1 N–H and O–H groups in total. The molecule has 0 amide bonds. The Balaban J connectivity index is 1.81. The SMILES string of the molecule is O=C(CC1CCc2cc(Cc3cc(CO)cc(C(F)(F)F)c3)ccc21)C(F)(F)F. The summed E-state index contributed by atoms with van der Waals surface area (Å²) in [5, 5.41) is 9.23. The number of carbonyl (C=O) groups excluding carboxylic acids is 1. The fraction of sp³-hybridized carbons (Fsp3) is 0.381. The smallest absolute Gasteiger partial charge is 0.392 e. The van der Waals surface area contributed by atoms with Crippen LogP contribution in [0.25, 0.3) is 0 Å².